The first kappa shape index (κ1) is 12.8. The van der Waals surface area contributed by atoms with E-state index in [4.69, 9.17) is 0 Å². The Balaban J connectivity index is 2.31. The fourth-order valence-electron chi connectivity index (χ4n) is 2.18. The molecular formula is C15H21N3. The van der Waals surface area contributed by atoms with Gasteiger partial charge in [0.15, 0.2) is 0 Å². The Morgan fingerprint density at radius 2 is 2.33 bits per heavy atom. The zero-order chi connectivity index (χ0) is 13.0. The van der Waals surface area contributed by atoms with Crippen molar-refractivity contribution >= 4 is 5.52 Å². The lowest BCUT2D eigenvalue weighted by Gasteiger charge is -2.17. The highest BCUT2D eigenvalue weighted by Crippen LogP contribution is 2.24. The van der Waals surface area contributed by atoms with E-state index >= 15 is 0 Å². The average Bonchev–Trinajstić information content (AvgIpc) is 2.78. The summed E-state index contributed by atoms with van der Waals surface area (Å²) >= 11 is 0. The van der Waals surface area contributed by atoms with Crippen molar-refractivity contribution in [1.82, 2.24) is 14.9 Å². The predicted octanol–water partition coefficient (Wildman–Crippen LogP) is 3.34. The van der Waals surface area contributed by atoms with Crippen LogP contribution in [0.15, 0.2) is 42.7 Å². The Bertz CT molecular complexity index is 527. The van der Waals surface area contributed by atoms with E-state index in [0.29, 0.717) is 6.04 Å². The van der Waals surface area contributed by atoms with Gasteiger partial charge in [0.25, 0.3) is 0 Å². The van der Waals surface area contributed by atoms with E-state index in [1.807, 2.05) is 23.0 Å². The largest absolute Gasteiger partial charge is 0.310 e. The summed E-state index contributed by atoms with van der Waals surface area (Å²) in [4.78, 5) is 0. The summed E-state index contributed by atoms with van der Waals surface area (Å²) in [6, 6.07) is 6.47. The molecule has 0 aliphatic carbocycles. The highest BCUT2D eigenvalue weighted by Gasteiger charge is 2.15. The fraction of sp³-hybridized carbons (Fsp3) is 0.400. The second-order valence-corrected chi connectivity index (χ2v) is 4.80. The Morgan fingerprint density at radius 1 is 1.50 bits per heavy atom. The van der Waals surface area contributed by atoms with Crippen LogP contribution in [0.1, 0.15) is 38.3 Å². The minimum absolute atomic E-state index is 0.308. The van der Waals surface area contributed by atoms with Crippen molar-refractivity contribution in [3.05, 3.63) is 48.3 Å². The third-order valence-electron chi connectivity index (χ3n) is 3.03. The van der Waals surface area contributed by atoms with Gasteiger partial charge in [-0.2, -0.15) is 5.10 Å². The number of nitrogens with one attached hydrogen (secondary N) is 1. The molecule has 0 saturated carbocycles. The molecule has 2 rings (SSSR count). The molecule has 1 N–H and O–H groups in total. The summed E-state index contributed by atoms with van der Waals surface area (Å²) < 4.78 is 1.92. The third kappa shape index (κ3) is 2.79. The summed E-state index contributed by atoms with van der Waals surface area (Å²) in [5, 5.41) is 7.98. The molecule has 2 aromatic rings. The number of fused-ring (bicyclic) bond motifs is 1. The van der Waals surface area contributed by atoms with Crippen LogP contribution in [0, 0.1) is 0 Å². The van der Waals surface area contributed by atoms with Crippen LogP contribution in [0.4, 0.5) is 0 Å². The average molecular weight is 243 g/mol. The van der Waals surface area contributed by atoms with Gasteiger partial charge in [-0.3, -0.25) is 0 Å². The maximum atomic E-state index is 4.40. The summed E-state index contributed by atoms with van der Waals surface area (Å²) in [6.45, 7) is 9.30. The molecule has 0 amide bonds. The van der Waals surface area contributed by atoms with Crippen LogP contribution in [0.3, 0.4) is 0 Å². The number of hydrogen-bond donors (Lipinski definition) is 1. The smallest absolute Gasteiger partial charge is 0.0709 e. The highest BCUT2D eigenvalue weighted by atomic mass is 15.2. The molecule has 1 atom stereocenters. The van der Waals surface area contributed by atoms with E-state index in [0.717, 1.165) is 19.4 Å². The van der Waals surface area contributed by atoms with E-state index < -0.39 is 0 Å². The van der Waals surface area contributed by atoms with Crippen LogP contribution in [0.5, 0.6) is 0 Å². The van der Waals surface area contributed by atoms with Gasteiger partial charge in [-0.05, 0) is 38.4 Å². The van der Waals surface area contributed by atoms with Gasteiger partial charge in [0.1, 0.15) is 0 Å². The second-order valence-electron chi connectivity index (χ2n) is 4.80. The van der Waals surface area contributed by atoms with Crippen LogP contribution in [-0.4, -0.2) is 16.2 Å². The first-order valence-corrected chi connectivity index (χ1v) is 6.52. The zero-order valence-electron chi connectivity index (χ0n) is 11.2. The Hall–Kier alpha value is -1.61. The molecule has 0 aliphatic heterocycles. The van der Waals surface area contributed by atoms with Gasteiger partial charge in [-0.15, -0.1) is 6.58 Å². The molecule has 0 saturated heterocycles. The molecule has 2 aromatic heterocycles. The van der Waals surface area contributed by atoms with Crippen LogP contribution in [0.25, 0.3) is 5.52 Å². The quantitative estimate of drug-likeness (QED) is 0.788. The van der Waals surface area contributed by atoms with E-state index in [1.54, 1.807) is 0 Å². The topological polar surface area (TPSA) is 29.3 Å². The number of aromatic nitrogens is 2. The van der Waals surface area contributed by atoms with Gasteiger partial charge >= 0.3 is 0 Å². The molecule has 0 radical (unpaired) electrons. The fourth-order valence-corrected chi connectivity index (χ4v) is 2.18. The Morgan fingerprint density at radius 3 is 3.06 bits per heavy atom. The van der Waals surface area contributed by atoms with Gasteiger partial charge in [-0.1, -0.05) is 18.6 Å². The number of rotatable bonds is 6. The lowest BCUT2D eigenvalue weighted by molar-refractivity contribution is 0.531. The molecule has 0 aromatic carbocycles. The van der Waals surface area contributed by atoms with Gasteiger partial charge < -0.3 is 5.32 Å². The minimum atomic E-state index is 0.308. The maximum Gasteiger partial charge on any atom is 0.0709 e. The lowest BCUT2D eigenvalue weighted by atomic mass is 10.0. The van der Waals surface area contributed by atoms with Crippen molar-refractivity contribution < 1.29 is 0 Å². The van der Waals surface area contributed by atoms with Gasteiger partial charge in [0, 0.05) is 17.8 Å². The minimum Gasteiger partial charge on any atom is -0.310 e. The summed E-state index contributed by atoms with van der Waals surface area (Å²) in [6.07, 6.45) is 6.03. The van der Waals surface area contributed by atoms with Crippen molar-refractivity contribution in [2.45, 2.75) is 32.7 Å². The summed E-state index contributed by atoms with van der Waals surface area (Å²) in [5.41, 5.74) is 3.62. The zero-order valence-corrected chi connectivity index (χ0v) is 11.2. The Labute approximate surface area is 109 Å². The second kappa shape index (κ2) is 5.83. The maximum absolute atomic E-state index is 4.40. The molecule has 0 aliphatic rings. The van der Waals surface area contributed by atoms with E-state index in [2.05, 4.69) is 43.0 Å². The third-order valence-corrected chi connectivity index (χ3v) is 3.03. The molecule has 0 spiro atoms. The van der Waals surface area contributed by atoms with Gasteiger partial charge in [0.05, 0.1) is 11.7 Å². The summed E-state index contributed by atoms with van der Waals surface area (Å²) in [5.74, 6) is 0. The predicted molar refractivity (Wildman–Crippen MR) is 75.7 cm³/mol. The van der Waals surface area contributed by atoms with E-state index in [1.165, 1.54) is 16.7 Å². The molecule has 0 bridgehead atoms. The van der Waals surface area contributed by atoms with Crippen molar-refractivity contribution in [3.63, 3.8) is 0 Å². The van der Waals surface area contributed by atoms with Crippen LogP contribution in [-0.2, 0) is 0 Å². The number of pyridine rings is 1. The monoisotopic (exact) mass is 243 g/mol. The SMILES string of the molecule is C=C(C)CC(NCCC)c1cnn2ccccc12. The molecule has 96 valence electrons. The lowest BCUT2D eigenvalue weighted by Crippen LogP contribution is -2.22. The normalized spacial score (nSPS) is 12.8. The highest BCUT2D eigenvalue weighted by molar-refractivity contribution is 5.55. The molecular weight excluding hydrogens is 222 g/mol. The first-order chi connectivity index (χ1) is 8.72. The molecule has 18 heavy (non-hydrogen) atoms. The Kier molecular flexibility index (Phi) is 4.15. The van der Waals surface area contributed by atoms with Crippen molar-refractivity contribution in [2.75, 3.05) is 6.54 Å². The standard InChI is InChI=1S/C15H21N3/c1-4-8-16-14(10-12(2)3)13-11-17-18-9-6-5-7-15(13)18/h5-7,9,11,14,16H,2,4,8,10H2,1,3H3. The number of hydrogen-bond acceptors (Lipinski definition) is 2. The van der Waals surface area contributed by atoms with Crippen LogP contribution < -0.4 is 5.32 Å². The van der Waals surface area contributed by atoms with Crippen molar-refractivity contribution in [3.8, 4) is 0 Å². The molecule has 2 heterocycles. The first-order valence-electron chi connectivity index (χ1n) is 6.52. The summed E-state index contributed by atoms with van der Waals surface area (Å²) in [7, 11) is 0. The van der Waals surface area contributed by atoms with Crippen LogP contribution in [0.2, 0.25) is 0 Å². The van der Waals surface area contributed by atoms with E-state index in [-0.39, 0.29) is 0 Å². The van der Waals surface area contributed by atoms with E-state index in [9.17, 15) is 0 Å². The molecule has 3 nitrogen and oxygen atoms in total. The molecule has 0 fully saturated rings. The van der Waals surface area contributed by atoms with Gasteiger partial charge in [-0.25, -0.2) is 4.52 Å². The van der Waals surface area contributed by atoms with Crippen molar-refractivity contribution in [2.24, 2.45) is 0 Å². The molecule has 1 unspecified atom stereocenters. The number of nitrogens with zero attached hydrogens (tertiary/aromatic N) is 2. The van der Waals surface area contributed by atoms with Crippen molar-refractivity contribution in [1.29, 1.82) is 0 Å². The molecule has 3 heteroatoms. The van der Waals surface area contributed by atoms with Gasteiger partial charge in [0.2, 0.25) is 0 Å². The van der Waals surface area contributed by atoms with Crippen LogP contribution >= 0.6 is 0 Å².